The molecule has 332 valence electrons. The monoisotopic (exact) mass is 793 g/mol. The lowest BCUT2D eigenvalue weighted by atomic mass is 10.0. The number of rotatable bonds is 45. The molecule has 0 aliphatic rings. The average Bonchev–Trinajstić information content (AvgIpc) is 3.18. The highest BCUT2D eigenvalue weighted by atomic mass is 16.6. The van der Waals surface area contributed by atoms with Gasteiger partial charge in [0.25, 0.3) is 0 Å². The zero-order valence-corrected chi connectivity index (χ0v) is 38.1. The highest BCUT2D eigenvalue weighted by molar-refractivity contribution is 5.71. The van der Waals surface area contributed by atoms with E-state index in [1.165, 1.54) is 173 Å². The molecule has 0 N–H and O–H groups in total. The van der Waals surface area contributed by atoms with Gasteiger partial charge in [-0.1, -0.05) is 240 Å². The van der Waals surface area contributed by atoms with Crippen LogP contribution >= 0.6 is 0 Å². The van der Waals surface area contributed by atoms with Crippen LogP contribution in [0.1, 0.15) is 278 Å². The Morgan fingerprint density at radius 1 is 0.339 bits per heavy atom. The minimum atomic E-state index is -0.760. The third kappa shape index (κ3) is 43.5. The van der Waals surface area contributed by atoms with Gasteiger partial charge in [-0.05, 0) is 25.2 Å². The normalized spacial score (nSPS) is 11.9. The molecular formula is C50H96O6. The molecule has 0 bridgehead atoms. The maximum atomic E-state index is 12.7. The summed E-state index contributed by atoms with van der Waals surface area (Å²) in [5.41, 5.74) is 0. The second-order valence-corrected chi connectivity index (χ2v) is 17.6. The van der Waals surface area contributed by atoms with E-state index in [1.807, 2.05) is 0 Å². The van der Waals surface area contributed by atoms with Gasteiger partial charge in [-0.3, -0.25) is 14.4 Å². The highest BCUT2D eigenvalue weighted by Crippen LogP contribution is 2.17. The Bertz CT molecular complexity index is 841. The van der Waals surface area contributed by atoms with Gasteiger partial charge in [0, 0.05) is 19.3 Å². The zero-order chi connectivity index (χ0) is 41.0. The molecule has 0 aliphatic carbocycles. The van der Waals surface area contributed by atoms with E-state index < -0.39 is 6.10 Å². The highest BCUT2D eigenvalue weighted by Gasteiger charge is 2.19. The van der Waals surface area contributed by atoms with E-state index in [-0.39, 0.29) is 31.1 Å². The maximum Gasteiger partial charge on any atom is 0.306 e. The van der Waals surface area contributed by atoms with Crippen molar-refractivity contribution in [2.24, 2.45) is 5.92 Å². The predicted octanol–water partition coefficient (Wildman–Crippen LogP) is 15.9. The Morgan fingerprint density at radius 3 is 0.875 bits per heavy atom. The number of esters is 3. The van der Waals surface area contributed by atoms with E-state index in [2.05, 4.69) is 27.7 Å². The van der Waals surface area contributed by atoms with Gasteiger partial charge in [-0.2, -0.15) is 0 Å². The van der Waals surface area contributed by atoms with Crippen molar-refractivity contribution in [3.8, 4) is 0 Å². The molecule has 0 radical (unpaired) electrons. The smallest absolute Gasteiger partial charge is 0.306 e. The minimum absolute atomic E-state index is 0.0641. The van der Waals surface area contributed by atoms with Gasteiger partial charge in [-0.25, -0.2) is 0 Å². The van der Waals surface area contributed by atoms with Crippen molar-refractivity contribution in [3.63, 3.8) is 0 Å². The Kier molecular flexibility index (Phi) is 43.2. The number of hydrogen-bond acceptors (Lipinski definition) is 6. The molecule has 0 amide bonds. The van der Waals surface area contributed by atoms with E-state index in [4.69, 9.17) is 14.2 Å². The van der Waals surface area contributed by atoms with Crippen LogP contribution in [0.25, 0.3) is 0 Å². The average molecular weight is 793 g/mol. The van der Waals surface area contributed by atoms with E-state index >= 15 is 0 Å². The van der Waals surface area contributed by atoms with Crippen LogP contribution in [0.4, 0.5) is 0 Å². The van der Waals surface area contributed by atoms with Crippen LogP contribution in [-0.4, -0.2) is 37.2 Å². The van der Waals surface area contributed by atoms with Crippen LogP contribution in [0.5, 0.6) is 0 Å². The molecule has 0 saturated carbocycles. The van der Waals surface area contributed by atoms with Crippen molar-refractivity contribution in [2.75, 3.05) is 13.2 Å². The fraction of sp³-hybridized carbons (Fsp3) is 0.940. The first-order valence-electron chi connectivity index (χ1n) is 24.9. The summed E-state index contributed by atoms with van der Waals surface area (Å²) in [7, 11) is 0. The molecule has 0 heterocycles. The molecule has 0 fully saturated rings. The van der Waals surface area contributed by atoms with E-state index in [0.717, 1.165) is 63.7 Å². The number of hydrogen-bond donors (Lipinski definition) is 0. The molecule has 0 aromatic heterocycles. The lowest BCUT2D eigenvalue weighted by Crippen LogP contribution is -2.30. The molecule has 0 aromatic carbocycles. The van der Waals surface area contributed by atoms with Crippen LogP contribution in [-0.2, 0) is 28.6 Å². The lowest BCUT2D eigenvalue weighted by molar-refractivity contribution is -0.167. The van der Waals surface area contributed by atoms with E-state index in [0.29, 0.717) is 19.3 Å². The summed E-state index contributed by atoms with van der Waals surface area (Å²) in [6.07, 6.45) is 45.4. The van der Waals surface area contributed by atoms with Gasteiger partial charge in [0.05, 0.1) is 0 Å². The molecule has 6 nitrogen and oxygen atoms in total. The Morgan fingerprint density at radius 2 is 0.589 bits per heavy atom. The molecule has 0 spiro atoms. The summed E-state index contributed by atoms with van der Waals surface area (Å²) in [5, 5.41) is 0. The molecule has 0 saturated heterocycles. The molecule has 0 unspecified atom stereocenters. The van der Waals surface area contributed by atoms with Gasteiger partial charge < -0.3 is 14.2 Å². The van der Waals surface area contributed by atoms with Crippen molar-refractivity contribution < 1.29 is 28.6 Å². The van der Waals surface area contributed by atoms with Crippen molar-refractivity contribution >= 4 is 17.9 Å². The lowest BCUT2D eigenvalue weighted by Gasteiger charge is -2.18. The summed E-state index contributed by atoms with van der Waals surface area (Å²) in [5.74, 6) is -0.0919. The van der Waals surface area contributed by atoms with Gasteiger partial charge in [0.2, 0.25) is 0 Å². The zero-order valence-electron chi connectivity index (χ0n) is 38.1. The van der Waals surface area contributed by atoms with Crippen LogP contribution in [0.3, 0.4) is 0 Å². The first-order valence-corrected chi connectivity index (χ1v) is 24.9. The topological polar surface area (TPSA) is 78.9 Å². The third-order valence-electron chi connectivity index (χ3n) is 11.3. The second kappa shape index (κ2) is 44.5. The van der Waals surface area contributed by atoms with Crippen LogP contribution in [0.15, 0.2) is 0 Å². The van der Waals surface area contributed by atoms with Gasteiger partial charge >= 0.3 is 17.9 Å². The number of ether oxygens (including phenoxy) is 3. The Hall–Kier alpha value is -1.59. The molecule has 6 heteroatoms. The van der Waals surface area contributed by atoms with Crippen molar-refractivity contribution in [1.29, 1.82) is 0 Å². The van der Waals surface area contributed by atoms with E-state index in [9.17, 15) is 14.4 Å². The standard InChI is InChI=1S/C50H96O6/c1-5-7-9-11-13-15-17-18-19-20-21-22-23-24-25-27-28-33-37-41-48(51)54-44-47(45-55-49(52)42-38-34-31-30-32-36-40-46(3)4)56-50(53)43-39-35-29-26-16-14-12-10-8-6-2/h46-47H,5-45H2,1-4H3/t47-/m0/s1. The first kappa shape index (κ1) is 54.4. The van der Waals surface area contributed by atoms with Crippen LogP contribution in [0, 0.1) is 5.92 Å². The molecule has 56 heavy (non-hydrogen) atoms. The fourth-order valence-corrected chi connectivity index (χ4v) is 7.51. The molecule has 0 aliphatic heterocycles. The summed E-state index contributed by atoms with van der Waals surface area (Å²) in [6.45, 7) is 8.93. The van der Waals surface area contributed by atoms with Crippen LogP contribution in [0.2, 0.25) is 0 Å². The van der Waals surface area contributed by atoms with Gasteiger partial charge in [0.15, 0.2) is 6.10 Å². The summed E-state index contributed by atoms with van der Waals surface area (Å²) < 4.78 is 16.7. The fourth-order valence-electron chi connectivity index (χ4n) is 7.51. The SMILES string of the molecule is CCCCCCCCCCCCCCCCCCCCCC(=O)OC[C@@H](COC(=O)CCCCCCCCC(C)C)OC(=O)CCCCCCCCCCCC. The number of unbranched alkanes of at least 4 members (excludes halogenated alkanes) is 32. The van der Waals surface area contributed by atoms with Crippen molar-refractivity contribution in [2.45, 2.75) is 284 Å². The number of carbonyl (C=O) groups excluding carboxylic acids is 3. The van der Waals surface area contributed by atoms with Gasteiger partial charge in [0.1, 0.15) is 13.2 Å². The molecule has 0 rings (SSSR count). The largest absolute Gasteiger partial charge is 0.462 e. The Labute approximate surface area is 348 Å². The quantitative estimate of drug-likeness (QED) is 0.0347. The number of carbonyl (C=O) groups is 3. The molecule has 1 atom stereocenters. The van der Waals surface area contributed by atoms with Gasteiger partial charge in [-0.15, -0.1) is 0 Å². The molecular weight excluding hydrogens is 697 g/mol. The third-order valence-corrected chi connectivity index (χ3v) is 11.3. The Balaban J connectivity index is 4.18. The minimum Gasteiger partial charge on any atom is -0.462 e. The van der Waals surface area contributed by atoms with Crippen molar-refractivity contribution in [3.05, 3.63) is 0 Å². The predicted molar refractivity (Wildman–Crippen MR) is 238 cm³/mol. The molecule has 0 aromatic rings. The second-order valence-electron chi connectivity index (χ2n) is 17.6. The van der Waals surface area contributed by atoms with Crippen molar-refractivity contribution in [1.82, 2.24) is 0 Å². The summed E-state index contributed by atoms with van der Waals surface area (Å²) in [6, 6.07) is 0. The first-order chi connectivity index (χ1) is 27.4. The summed E-state index contributed by atoms with van der Waals surface area (Å²) >= 11 is 0. The summed E-state index contributed by atoms with van der Waals surface area (Å²) in [4.78, 5) is 37.7. The van der Waals surface area contributed by atoms with E-state index in [1.54, 1.807) is 0 Å². The van der Waals surface area contributed by atoms with Crippen LogP contribution < -0.4 is 0 Å². The maximum absolute atomic E-state index is 12.7.